The number of aromatic hydroxyl groups is 1. The Labute approximate surface area is 151 Å². The zero-order valence-electron chi connectivity index (χ0n) is 14.6. The molecule has 26 heavy (non-hydrogen) atoms. The second-order valence-electron chi connectivity index (χ2n) is 6.62. The van der Waals surface area contributed by atoms with Crippen molar-refractivity contribution in [2.24, 2.45) is 0 Å². The molecular formula is C20H21N3O3. The third kappa shape index (κ3) is 3.22. The van der Waals surface area contributed by atoms with E-state index in [4.69, 9.17) is 4.42 Å². The lowest BCUT2D eigenvalue weighted by molar-refractivity contribution is 0.0996. The standard InChI is InChI=1S/C20H21N3O3/c1-2-9-23-17(13-5-6-13)12-16(22-23)15-11-14(7-8-18(15)24)21-20(25)19-4-3-10-26-19/h3-4,7-8,10-13,24H,2,5-6,9H2,1H3,(H,21,25). The number of carbonyl (C=O) groups is 1. The van der Waals surface area contributed by atoms with Gasteiger partial charge in [0.05, 0.1) is 12.0 Å². The van der Waals surface area contributed by atoms with Crippen molar-refractivity contribution in [2.75, 3.05) is 5.32 Å². The summed E-state index contributed by atoms with van der Waals surface area (Å²) in [7, 11) is 0. The number of phenolic OH excluding ortho intramolecular Hbond substituents is 1. The van der Waals surface area contributed by atoms with Crippen LogP contribution in [0.3, 0.4) is 0 Å². The highest BCUT2D eigenvalue weighted by Gasteiger charge is 2.28. The van der Waals surface area contributed by atoms with Gasteiger partial charge in [-0.05, 0) is 55.7 Å². The topological polar surface area (TPSA) is 80.3 Å². The van der Waals surface area contributed by atoms with Crippen molar-refractivity contribution in [1.82, 2.24) is 9.78 Å². The van der Waals surface area contributed by atoms with E-state index in [1.807, 2.05) is 4.68 Å². The van der Waals surface area contributed by atoms with E-state index in [1.165, 1.54) is 24.8 Å². The summed E-state index contributed by atoms with van der Waals surface area (Å²) < 4.78 is 7.15. The first kappa shape index (κ1) is 16.4. The van der Waals surface area contributed by atoms with Gasteiger partial charge in [0, 0.05) is 29.4 Å². The van der Waals surface area contributed by atoms with Crippen molar-refractivity contribution in [2.45, 2.75) is 38.6 Å². The van der Waals surface area contributed by atoms with Gasteiger partial charge in [-0.3, -0.25) is 9.48 Å². The van der Waals surface area contributed by atoms with Crippen LogP contribution < -0.4 is 5.32 Å². The van der Waals surface area contributed by atoms with E-state index >= 15 is 0 Å². The van der Waals surface area contributed by atoms with Crippen LogP contribution in [0.1, 0.15) is 48.4 Å². The molecule has 1 aromatic carbocycles. The van der Waals surface area contributed by atoms with Gasteiger partial charge < -0.3 is 14.8 Å². The van der Waals surface area contributed by atoms with Gasteiger partial charge in [-0.15, -0.1) is 0 Å². The van der Waals surface area contributed by atoms with Crippen molar-refractivity contribution in [3.05, 3.63) is 54.1 Å². The highest BCUT2D eigenvalue weighted by atomic mass is 16.3. The van der Waals surface area contributed by atoms with Crippen LogP contribution in [0, 0.1) is 0 Å². The van der Waals surface area contributed by atoms with Crippen LogP contribution in [0.4, 0.5) is 5.69 Å². The van der Waals surface area contributed by atoms with Gasteiger partial charge in [-0.1, -0.05) is 6.92 Å². The molecule has 2 N–H and O–H groups in total. The Hall–Kier alpha value is -3.02. The van der Waals surface area contributed by atoms with Crippen LogP contribution in [-0.4, -0.2) is 20.8 Å². The molecule has 6 nitrogen and oxygen atoms in total. The number of furan rings is 1. The molecule has 1 aliphatic rings. The summed E-state index contributed by atoms with van der Waals surface area (Å²) in [5, 5.41) is 17.8. The number of hydrogen-bond acceptors (Lipinski definition) is 4. The fraction of sp³-hybridized carbons (Fsp3) is 0.300. The first-order chi connectivity index (χ1) is 12.7. The summed E-state index contributed by atoms with van der Waals surface area (Å²) >= 11 is 0. The highest BCUT2D eigenvalue weighted by Crippen LogP contribution is 2.42. The maximum atomic E-state index is 12.2. The third-order valence-electron chi connectivity index (χ3n) is 4.52. The quantitative estimate of drug-likeness (QED) is 0.646. The number of aryl methyl sites for hydroxylation is 1. The lowest BCUT2D eigenvalue weighted by atomic mass is 10.1. The number of anilines is 1. The molecule has 2 heterocycles. The summed E-state index contributed by atoms with van der Waals surface area (Å²) in [6.45, 7) is 2.99. The van der Waals surface area contributed by atoms with Gasteiger partial charge in [-0.2, -0.15) is 5.10 Å². The van der Waals surface area contributed by atoms with E-state index in [0.717, 1.165) is 18.7 Å². The van der Waals surface area contributed by atoms with E-state index < -0.39 is 0 Å². The van der Waals surface area contributed by atoms with Crippen LogP contribution in [0.5, 0.6) is 5.75 Å². The van der Waals surface area contributed by atoms with Crippen LogP contribution in [-0.2, 0) is 6.54 Å². The predicted octanol–water partition coefficient (Wildman–Crippen LogP) is 4.39. The summed E-state index contributed by atoms with van der Waals surface area (Å²) in [4.78, 5) is 12.2. The normalized spacial score (nSPS) is 13.7. The number of nitrogens with one attached hydrogen (secondary N) is 1. The lowest BCUT2D eigenvalue weighted by Gasteiger charge is -2.07. The summed E-state index contributed by atoms with van der Waals surface area (Å²) in [6.07, 6.45) is 4.85. The Balaban J connectivity index is 1.64. The molecule has 3 aromatic rings. The van der Waals surface area contributed by atoms with E-state index in [1.54, 1.807) is 30.3 Å². The molecule has 0 atom stereocenters. The SMILES string of the molecule is CCCn1nc(-c2cc(NC(=O)c3ccco3)ccc2O)cc1C1CC1. The minimum absolute atomic E-state index is 0.143. The molecule has 1 saturated carbocycles. The Morgan fingerprint density at radius 2 is 2.19 bits per heavy atom. The van der Waals surface area contributed by atoms with Crippen LogP contribution in [0.2, 0.25) is 0 Å². The summed E-state index contributed by atoms with van der Waals surface area (Å²) in [5.74, 6) is 0.626. The summed E-state index contributed by atoms with van der Waals surface area (Å²) in [6, 6.07) is 10.3. The van der Waals surface area contributed by atoms with Crippen molar-refractivity contribution < 1.29 is 14.3 Å². The molecule has 1 aliphatic carbocycles. The minimum atomic E-state index is -0.332. The Bertz CT molecular complexity index is 924. The van der Waals surface area contributed by atoms with Gasteiger partial charge in [-0.25, -0.2) is 0 Å². The molecule has 0 radical (unpaired) electrons. The zero-order valence-corrected chi connectivity index (χ0v) is 14.6. The number of amides is 1. The molecule has 2 aromatic heterocycles. The molecular weight excluding hydrogens is 330 g/mol. The smallest absolute Gasteiger partial charge is 0.291 e. The lowest BCUT2D eigenvalue weighted by Crippen LogP contribution is -2.10. The zero-order chi connectivity index (χ0) is 18.1. The van der Waals surface area contributed by atoms with E-state index in [9.17, 15) is 9.90 Å². The average molecular weight is 351 g/mol. The predicted molar refractivity (Wildman–Crippen MR) is 98.3 cm³/mol. The average Bonchev–Trinajstić information content (AvgIpc) is 3.16. The van der Waals surface area contributed by atoms with E-state index in [0.29, 0.717) is 17.2 Å². The van der Waals surface area contributed by atoms with Gasteiger partial charge in [0.2, 0.25) is 0 Å². The van der Waals surface area contributed by atoms with E-state index in [-0.39, 0.29) is 17.4 Å². The first-order valence-corrected chi connectivity index (χ1v) is 8.91. The number of aromatic nitrogens is 2. The number of carbonyl (C=O) groups excluding carboxylic acids is 1. The number of benzene rings is 1. The van der Waals surface area contributed by atoms with Crippen LogP contribution in [0.15, 0.2) is 47.1 Å². The third-order valence-corrected chi connectivity index (χ3v) is 4.52. The maximum absolute atomic E-state index is 12.2. The Morgan fingerprint density at radius 3 is 2.88 bits per heavy atom. The van der Waals surface area contributed by atoms with Gasteiger partial charge in [0.15, 0.2) is 5.76 Å². The molecule has 0 bridgehead atoms. The monoisotopic (exact) mass is 351 g/mol. The van der Waals surface area contributed by atoms with Crippen molar-refractivity contribution in [3.8, 4) is 17.0 Å². The molecule has 0 unspecified atom stereocenters. The molecule has 1 amide bonds. The van der Waals surface area contributed by atoms with Gasteiger partial charge in [0.1, 0.15) is 5.75 Å². The molecule has 6 heteroatoms. The molecule has 0 aliphatic heterocycles. The second kappa shape index (κ2) is 6.71. The van der Waals surface area contributed by atoms with E-state index in [2.05, 4.69) is 23.4 Å². The molecule has 1 fully saturated rings. The molecule has 4 rings (SSSR count). The molecule has 0 spiro atoms. The van der Waals surface area contributed by atoms with Crippen LogP contribution in [0.25, 0.3) is 11.3 Å². The highest BCUT2D eigenvalue weighted by molar-refractivity contribution is 6.02. The number of rotatable bonds is 6. The number of nitrogens with zero attached hydrogens (tertiary/aromatic N) is 2. The Morgan fingerprint density at radius 1 is 1.35 bits per heavy atom. The number of phenols is 1. The second-order valence-corrected chi connectivity index (χ2v) is 6.62. The molecule has 0 saturated heterocycles. The van der Waals surface area contributed by atoms with Crippen molar-refractivity contribution in [3.63, 3.8) is 0 Å². The van der Waals surface area contributed by atoms with Gasteiger partial charge >= 0.3 is 0 Å². The van der Waals surface area contributed by atoms with Crippen molar-refractivity contribution >= 4 is 11.6 Å². The molecule has 134 valence electrons. The fourth-order valence-electron chi connectivity index (χ4n) is 3.08. The number of hydrogen-bond donors (Lipinski definition) is 2. The fourth-order valence-corrected chi connectivity index (χ4v) is 3.08. The Kier molecular flexibility index (Phi) is 4.24. The first-order valence-electron chi connectivity index (χ1n) is 8.91. The largest absolute Gasteiger partial charge is 0.507 e. The van der Waals surface area contributed by atoms with Crippen LogP contribution >= 0.6 is 0 Å². The summed E-state index contributed by atoms with van der Waals surface area (Å²) in [5.41, 5.74) is 3.15. The minimum Gasteiger partial charge on any atom is -0.507 e. The van der Waals surface area contributed by atoms with Crippen molar-refractivity contribution in [1.29, 1.82) is 0 Å². The van der Waals surface area contributed by atoms with Gasteiger partial charge in [0.25, 0.3) is 5.91 Å². The maximum Gasteiger partial charge on any atom is 0.291 e.